The molecule has 0 N–H and O–H groups in total. The van der Waals surface area contributed by atoms with E-state index in [1.807, 2.05) is 13.0 Å². The number of rotatable bonds is 1. The van der Waals surface area contributed by atoms with Gasteiger partial charge >= 0.3 is 0 Å². The largest absolute Gasteiger partial charge is 0.294 e. The molecule has 2 aromatic rings. The molecule has 0 aliphatic heterocycles. The molecule has 0 saturated carbocycles. The van der Waals surface area contributed by atoms with Crippen LogP contribution in [0, 0.1) is 6.92 Å². The van der Waals surface area contributed by atoms with Gasteiger partial charge in [0.05, 0.1) is 5.52 Å². The minimum atomic E-state index is 0.192. The summed E-state index contributed by atoms with van der Waals surface area (Å²) in [6.07, 6.45) is 0.632. The minimum Gasteiger partial charge on any atom is -0.294 e. The van der Waals surface area contributed by atoms with Crippen LogP contribution < -0.4 is 0 Å². The first kappa shape index (κ1) is 9.09. The third kappa shape index (κ3) is 1.46. The smallest absolute Gasteiger partial charge is 0.193 e. The maximum absolute atomic E-state index is 10.5. The van der Waals surface area contributed by atoms with E-state index in [2.05, 4.69) is 9.97 Å². The molecule has 3 nitrogen and oxygen atoms in total. The molecule has 70 valence electrons. The Labute approximate surface area is 85.7 Å². The quantitative estimate of drug-likeness (QED) is 0.673. The Balaban J connectivity index is 2.83. The third-order valence-corrected chi connectivity index (χ3v) is 2.21. The summed E-state index contributed by atoms with van der Waals surface area (Å²) in [5, 5.41) is 1.52. The highest BCUT2D eigenvalue weighted by Gasteiger charge is 2.03. The van der Waals surface area contributed by atoms with E-state index in [0.717, 1.165) is 11.1 Å². The SMILES string of the molecule is Cc1nc(C=O)nc2cc(Cl)ccc12. The molecule has 0 atom stereocenters. The fourth-order valence-corrected chi connectivity index (χ4v) is 1.50. The number of aldehydes is 1. The number of hydrogen-bond donors (Lipinski definition) is 0. The molecule has 0 unspecified atom stereocenters. The van der Waals surface area contributed by atoms with Gasteiger partial charge in [-0.2, -0.15) is 0 Å². The van der Waals surface area contributed by atoms with Gasteiger partial charge in [-0.05, 0) is 25.1 Å². The van der Waals surface area contributed by atoms with Gasteiger partial charge in [-0.25, -0.2) is 9.97 Å². The van der Waals surface area contributed by atoms with Crippen molar-refractivity contribution >= 4 is 28.8 Å². The number of fused-ring (bicyclic) bond motifs is 1. The molecule has 0 spiro atoms. The van der Waals surface area contributed by atoms with Crippen molar-refractivity contribution in [2.24, 2.45) is 0 Å². The van der Waals surface area contributed by atoms with Gasteiger partial charge in [0.15, 0.2) is 12.1 Å². The summed E-state index contributed by atoms with van der Waals surface area (Å²) in [5.74, 6) is 0.192. The molecule has 1 heterocycles. The summed E-state index contributed by atoms with van der Waals surface area (Å²) in [7, 11) is 0. The lowest BCUT2D eigenvalue weighted by atomic mass is 10.2. The molecule has 0 fully saturated rings. The van der Waals surface area contributed by atoms with Gasteiger partial charge in [0.2, 0.25) is 0 Å². The average Bonchev–Trinajstić information content (AvgIpc) is 2.16. The van der Waals surface area contributed by atoms with E-state index in [1.165, 1.54) is 0 Å². The lowest BCUT2D eigenvalue weighted by molar-refractivity contribution is 0.111. The third-order valence-electron chi connectivity index (χ3n) is 1.97. The van der Waals surface area contributed by atoms with Crippen LogP contribution in [0.1, 0.15) is 16.3 Å². The average molecular weight is 207 g/mol. The number of carbonyl (C=O) groups excluding carboxylic acids is 1. The van der Waals surface area contributed by atoms with Gasteiger partial charge in [0.25, 0.3) is 0 Å². The van der Waals surface area contributed by atoms with E-state index < -0.39 is 0 Å². The highest BCUT2D eigenvalue weighted by atomic mass is 35.5. The number of nitrogens with zero attached hydrogens (tertiary/aromatic N) is 2. The van der Waals surface area contributed by atoms with Gasteiger partial charge < -0.3 is 0 Å². The van der Waals surface area contributed by atoms with Crippen molar-refractivity contribution in [3.05, 3.63) is 34.7 Å². The highest BCUT2D eigenvalue weighted by molar-refractivity contribution is 6.31. The zero-order chi connectivity index (χ0) is 10.1. The predicted octanol–water partition coefficient (Wildman–Crippen LogP) is 2.40. The van der Waals surface area contributed by atoms with Gasteiger partial charge in [0, 0.05) is 16.1 Å². The number of benzene rings is 1. The molecule has 4 heteroatoms. The molecule has 0 bridgehead atoms. The second-order valence-corrected chi connectivity index (χ2v) is 3.38. The second-order valence-electron chi connectivity index (χ2n) is 2.95. The van der Waals surface area contributed by atoms with E-state index in [1.54, 1.807) is 12.1 Å². The number of halogens is 1. The lowest BCUT2D eigenvalue weighted by Crippen LogP contribution is -1.96. The summed E-state index contributed by atoms with van der Waals surface area (Å²) in [6, 6.07) is 5.35. The van der Waals surface area contributed by atoms with Crippen LogP contribution in [-0.4, -0.2) is 16.3 Å². The Hall–Kier alpha value is -1.48. The molecule has 1 aromatic heterocycles. The van der Waals surface area contributed by atoms with E-state index in [-0.39, 0.29) is 5.82 Å². The van der Waals surface area contributed by atoms with Crippen LogP contribution in [0.3, 0.4) is 0 Å². The van der Waals surface area contributed by atoms with Crippen molar-refractivity contribution in [3.63, 3.8) is 0 Å². The monoisotopic (exact) mass is 206 g/mol. The summed E-state index contributed by atoms with van der Waals surface area (Å²) >= 11 is 5.82. The molecule has 0 saturated heterocycles. The number of aromatic nitrogens is 2. The van der Waals surface area contributed by atoms with Crippen LogP contribution >= 0.6 is 11.6 Å². The van der Waals surface area contributed by atoms with E-state index in [9.17, 15) is 4.79 Å². The second kappa shape index (κ2) is 3.35. The fraction of sp³-hybridized carbons (Fsp3) is 0.100. The first-order valence-electron chi connectivity index (χ1n) is 4.10. The van der Waals surface area contributed by atoms with Crippen molar-refractivity contribution in [1.82, 2.24) is 9.97 Å². The topological polar surface area (TPSA) is 42.9 Å². The Morgan fingerprint density at radius 1 is 1.36 bits per heavy atom. The molecule has 14 heavy (non-hydrogen) atoms. The first-order chi connectivity index (χ1) is 6.70. The highest BCUT2D eigenvalue weighted by Crippen LogP contribution is 2.19. The number of carbonyl (C=O) groups is 1. The molecule has 0 aliphatic carbocycles. The molecule has 0 aliphatic rings. The van der Waals surface area contributed by atoms with Crippen LogP contribution in [-0.2, 0) is 0 Å². The Morgan fingerprint density at radius 3 is 2.86 bits per heavy atom. The minimum absolute atomic E-state index is 0.192. The van der Waals surface area contributed by atoms with Crippen LogP contribution in [0.15, 0.2) is 18.2 Å². The van der Waals surface area contributed by atoms with Crippen LogP contribution in [0.2, 0.25) is 5.02 Å². The number of hydrogen-bond acceptors (Lipinski definition) is 3. The predicted molar refractivity (Wildman–Crippen MR) is 54.7 cm³/mol. The van der Waals surface area contributed by atoms with Crippen molar-refractivity contribution in [2.75, 3.05) is 0 Å². The zero-order valence-electron chi connectivity index (χ0n) is 7.49. The normalized spacial score (nSPS) is 10.4. The summed E-state index contributed by atoms with van der Waals surface area (Å²) in [4.78, 5) is 18.6. The molecule has 1 aromatic carbocycles. The standard InChI is InChI=1S/C10H7ClN2O/c1-6-8-3-2-7(11)4-9(8)13-10(5-14)12-6/h2-5H,1H3. The maximum Gasteiger partial charge on any atom is 0.193 e. The van der Waals surface area contributed by atoms with Crippen molar-refractivity contribution in [2.45, 2.75) is 6.92 Å². The van der Waals surface area contributed by atoms with Gasteiger partial charge in [-0.3, -0.25) is 4.79 Å². The fourth-order valence-electron chi connectivity index (χ4n) is 1.34. The molecular weight excluding hydrogens is 200 g/mol. The summed E-state index contributed by atoms with van der Waals surface area (Å²) in [5.41, 5.74) is 1.49. The Morgan fingerprint density at radius 2 is 2.14 bits per heavy atom. The van der Waals surface area contributed by atoms with E-state index in [0.29, 0.717) is 16.8 Å². The van der Waals surface area contributed by atoms with Crippen LogP contribution in [0.25, 0.3) is 10.9 Å². The Kier molecular flexibility index (Phi) is 2.17. The molecule has 0 radical (unpaired) electrons. The number of aryl methyl sites for hydroxylation is 1. The van der Waals surface area contributed by atoms with Crippen LogP contribution in [0.5, 0.6) is 0 Å². The Bertz CT molecular complexity index is 511. The zero-order valence-corrected chi connectivity index (χ0v) is 8.25. The van der Waals surface area contributed by atoms with Crippen molar-refractivity contribution in [3.8, 4) is 0 Å². The van der Waals surface area contributed by atoms with E-state index >= 15 is 0 Å². The summed E-state index contributed by atoms with van der Waals surface area (Å²) < 4.78 is 0. The van der Waals surface area contributed by atoms with Crippen molar-refractivity contribution < 1.29 is 4.79 Å². The van der Waals surface area contributed by atoms with Crippen molar-refractivity contribution in [1.29, 1.82) is 0 Å². The maximum atomic E-state index is 10.5. The van der Waals surface area contributed by atoms with Gasteiger partial charge in [-0.1, -0.05) is 11.6 Å². The van der Waals surface area contributed by atoms with Crippen LogP contribution in [0.4, 0.5) is 0 Å². The molecule has 0 amide bonds. The molecule has 2 rings (SSSR count). The van der Waals surface area contributed by atoms with E-state index in [4.69, 9.17) is 11.6 Å². The van der Waals surface area contributed by atoms with Gasteiger partial charge in [0.1, 0.15) is 0 Å². The molecular formula is C10H7ClN2O. The van der Waals surface area contributed by atoms with Gasteiger partial charge in [-0.15, -0.1) is 0 Å². The summed E-state index contributed by atoms with van der Waals surface area (Å²) in [6.45, 7) is 1.84. The lowest BCUT2D eigenvalue weighted by Gasteiger charge is -2.01. The first-order valence-corrected chi connectivity index (χ1v) is 4.47.